The van der Waals surface area contributed by atoms with Crippen LogP contribution in [0.4, 0.5) is 0 Å². The molecule has 43 heavy (non-hydrogen) atoms. The summed E-state index contributed by atoms with van der Waals surface area (Å²) in [4.78, 5) is 17.0. The van der Waals surface area contributed by atoms with Crippen LogP contribution in [0.25, 0.3) is 0 Å². The lowest BCUT2D eigenvalue weighted by atomic mass is 9.71. The van der Waals surface area contributed by atoms with Crippen LogP contribution in [-0.2, 0) is 22.4 Å². The Morgan fingerprint density at radius 2 is 1.91 bits per heavy atom. The third-order valence-electron chi connectivity index (χ3n) is 9.62. The Labute approximate surface area is 253 Å². The molecule has 10 nitrogen and oxygen atoms in total. The summed E-state index contributed by atoms with van der Waals surface area (Å²) < 4.78 is 30.1. The Morgan fingerprint density at radius 3 is 2.60 bits per heavy atom. The third-order valence-corrected chi connectivity index (χ3v) is 9.62. The second-order valence-electron chi connectivity index (χ2n) is 11.9. The monoisotopic (exact) mass is 588 g/mol. The molecule has 2 bridgehead atoms. The zero-order valence-electron chi connectivity index (χ0n) is 25.8. The highest BCUT2D eigenvalue weighted by molar-refractivity contribution is 5.73. The number of piperazine rings is 1. The lowest BCUT2D eigenvalue weighted by molar-refractivity contribution is -0.120. The number of rotatable bonds is 8. The standard InChI is InChI=1S/C33H40N4O6/c1-8-9-40-30-19(4)32-33(43-16-42-32)28-22(30)12-24-29-27-21(10-17(2)18(3)31(27)41-15-39-7)11-23(36(29)6)25(13-34)37(24)26(28)14-35-20(5)38/h8,10,23-26,29H,1,9,11-12,14-16H2,2-7H3,(H,35,38)/t23-,24?,25-,26-,29-/m0/s1. The molecule has 4 aliphatic heterocycles. The number of carbonyl (C=O) groups excluding carboxylic acids is 1. The summed E-state index contributed by atoms with van der Waals surface area (Å²) in [5.74, 6) is 2.78. The van der Waals surface area contributed by atoms with Gasteiger partial charge in [0.25, 0.3) is 0 Å². The summed E-state index contributed by atoms with van der Waals surface area (Å²) in [7, 11) is 3.75. The van der Waals surface area contributed by atoms with Crippen molar-refractivity contribution >= 4 is 5.91 Å². The van der Waals surface area contributed by atoms with Gasteiger partial charge in [-0.3, -0.25) is 14.6 Å². The number of benzene rings is 2. The molecule has 4 heterocycles. The number of methoxy groups -OCH3 is 1. The maximum atomic E-state index is 12.3. The average Bonchev–Trinajstić information content (AvgIpc) is 3.47. The second-order valence-corrected chi connectivity index (χ2v) is 11.9. The average molecular weight is 589 g/mol. The van der Waals surface area contributed by atoms with Crippen LogP contribution < -0.4 is 24.3 Å². The van der Waals surface area contributed by atoms with Gasteiger partial charge in [0.1, 0.15) is 24.1 Å². The van der Waals surface area contributed by atoms with E-state index in [9.17, 15) is 10.1 Å². The largest absolute Gasteiger partial charge is 0.489 e. The molecule has 0 spiro atoms. The first-order valence-corrected chi connectivity index (χ1v) is 14.8. The number of likely N-dealkylation sites (N-methyl/N-ethyl adjacent to an activating group) is 1. The van der Waals surface area contributed by atoms with E-state index < -0.39 is 6.04 Å². The van der Waals surface area contributed by atoms with Crippen molar-refractivity contribution in [2.24, 2.45) is 0 Å². The summed E-state index contributed by atoms with van der Waals surface area (Å²) in [5.41, 5.74) is 7.38. The van der Waals surface area contributed by atoms with Crippen molar-refractivity contribution in [1.82, 2.24) is 15.1 Å². The van der Waals surface area contributed by atoms with Crippen molar-refractivity contribution in [1.29, 1.82) is 5.26 Å². The number of aryl methyl sites for hydroxylation is 1. The van der Waals surface area contributed by atoms with Gasteiger partial charge in [0.15, 0.2) is 18.3 Å². The molecule has 1 fully saturated rings. The number of amides is 1. The van der Waals surface area contributed by atoms with Gasteiger partial charge in [-0.25, -0.2) is 0 Å². The predicted molar refractivity (Wildman–Crippen MR) is 160 cm³/mol. The molecular formula is C33H40N4O6. The van der Waals surface area contributed by atoms with E-state index in [4.69, 9.17) is 23.7 Å². The Morgan fingerprint density at radius 1 is 1.14 bits per heavy atom. The van der Waals surface area contributed by atoms with Crippen LogP contribution in [0.2, 0.25) is 0 Å². The summed E-state index contributed by atoms with van der Waals surface area (Å²) in [6, 6.07) is 3.86. The fourth-order valence-corrected chi connectivity index (χ4v) is 7.76. The normalized spacial score (nSPS) is 25.2. The molecule has 0 saturated carbocycles. The van der Waals surface area contributed by atoms with E-state index in [1.165, 1.54) is 12.5 Å². The molecule has 228 valence electrons. The molecule has 0 aliphatic carbocycles. The number of carbonyl (C=O) groups is 1. The highest BCUT2D eigenvalue weighted by atomic mass is 16.7. The van der Waals surface area contributed by atoms with Crippen molar-refractivity contribution in [3.05, 3.63) is 57.7 Å². The quantitative estimate of drug-likeness (QED) is 0.364. The van der Waals surface area contributed by atoms with Crippen molar-refractivity contribution in [3.63, 3.8) is 0 Å². The first kappa shape index (κ1) is 29.3. The van der Waals surface area contributed by atoms with Crippen LogP contribution in [0.1, 0.15) is 58.0 Å². The smallest absolute Gasteiger partial charge is 0.231 e. The number of nitrogens with zero attached hydrogens (tertiary/aromatic N) is 3. The van der Waals surface area contributed by atoms with Crippen LogP contribution in [0, 0.1) is 32.1 Å². The van der Waals surface area contributed by atoms with E-state index in [1.54, 1.807) is 13.2 Å². The van der Waals surface area contributed by atoms with E-state index >= 15 is 0 Å². The van der Waals surface area contributed by atoms with Crippen molar-refractivity contribution in [2.75, 3.05) is 40.9 Å². The van der Waals surface area contributed by atoms with Gasteiger partial charge in [0, 0.05) is 54.9 Å². The van der Waals surface area contributed by atoms with Crippen LogP contribution >= 0.6 is 0 Å². The van der Waals surface area contributed by atoms with E-state index in [-0.39, 0.29) is 43.7 Å². The molecule has 1 N–H and O–H groups in total. The van der Waals surface area contributed by atoms with Gasteiger partial charge in [-0.2, -0.15) is 5.26 Å². The summed E-state index contributed by atoms with van der Waals surface area (Å²) in [6.07, 6.45) is 3.03. The van der Waals surface area contributed by atoms with Crippen LogP contribution in [0.5, 0.6) is 23.0 Å². The second kappa shape index (κ2) is 11.4. The molecule has 10 heteroatoms. The van der Waals surface area contributed by atoms with Gasteiger partial charge in [-0.1, -0.05) is 18.7 Å². The summed E-state index contributed by atoms with van der Waals surface area (Å²) in [6.45, 7) is 12.4. The molecule has 6 rings (SSSR count). The molecule has 4 aliphatic rings. The van der Waals surface area contributed by atoms with Crippen LogP contribution in [0.15, 0.2) is 18.7 Å². The Balaban J connectivity index is 1.61. The number of hydrogen-bond acceptors (Lipinski definition) is 9. The molecule has 1 unspecified atom stereocenters. The Kier molecular flexibility index (Phi) is 7.75. The number of ether oxygens (including phenoxy) is 5. The summed E-state index contributed by atoms with van der Waals surface area (Å²) >= 11 is 0. The number of fused-ring (bicyclic) bond motifs is 9. The Bertz CT molecular complexity index is 1520. The van der Waals surface area contributed by atoms with E-state index in [2.05, 4.69) is 54.7 Å². The molecule has 5 atom stereocenters. The highest BCUT2D eigenvalue weighted by Gasteiger charge is 2.56. The SMILES string of the molecule is C=CCOc1c(C)c2c(c3c1CC1[C@H]4c5c(cc(C)c(C)c5OCOC)C[C@@H]([C@H](C#N)N1[C@H]3CNC(C)=O)N4C)OCO2. The minimum atomic E-state index is -0.437. The zero-order valence-corrected chi connectivity index (χ0v) is 25.8. The van der Waals surface area contributed by atoms with Gasteiger partial charge in [-0.15, -0.1) is 0 Å². The van der Waals surface area contributed by atoms with E-state index in [0.29, 0.717) is 37.5 Å². The Hall–Kier alpha value is -3.78. The van der Waals surface area contributed by atoms with Gasteiger partial charge >= 0.3 is 0 Å². The number of nitriles is 1. The predicted octanol–water partition coefficient (Wildman–Crippen LogP) is 3.80. The molecule has 1 saturated heterocycles. The maximum Gasteiger partial charge on any atom is 0.231 e. The highest BCUT2D eigenvalue weighted by Crippen LogP contribution is 2.57. The third kappa shape index (κ3) is 4.53. The maximum absolute atomic E-state index is 12.3. The minimum Gasteiger partial charge on any atom is -0.489 e. The van der Waals surface area contributed by atoms with Gasteiger partial charge in [0.2, 0.25) is 12.7 Å². The molecule has 0 aromatic heterocycles. The fourth-order valence-electron chi connectivity index (χ4n) is 7.76. The van der Waals surface area contributed by atoms with Gasteiger partial charge in [0.05, 0.1) is 18.2 Å². The topological polar surface area (TPSA) is 106 Å². The number of hydrogen-bond donors (Lipinski definition) is 1. The van der Waals surface area contributed by atoms with Gasteiger partial charge in [-0.05, 0) is 57.4 Å². The minimum absolute atomic E-state index is 0.0651. The molecule has 0 radical (unpaired) electrons. The summed E-state index contributed by atoms with van der Waals surface area (Å²) in [5, 5.41) is 13.8. The van der Waals surface area contributed by atoms with Gasteiger partial charge < -0.3 is 29.0 Å². The zero-order chi connectivity index (χ0) is 30.6. The molecular weight excluding hydrogens is 548 g/mol. The first-order valence-electron chi connectivity index (χ1n) is 14.8. The van der Waals surface area contributed by atoms with Crippen LogP contribution in [-0.4, -0.2) is 74.7 Å². The number of nitrogens with one attached hydrogen (secondary N) is 1. The molecule has 2 aromatic carbocycles. The van der Waals surface area contributed by atoms with Crippen molar-refractivity contribution in [3.8, 4) is 29.1 Å². The molecule has 2 aromatic rings. The van der Waals surface area contributed by atoms with Crippen molar-refractivity contribution < 1.29 is 28.5 Å². The first-order chi connectivity index (χ1) is 20.7. The lowest BCUT2D eigenvalue weighted by Crippen LogP contribution is -2.68. The van der Waals surface area contributed by atoms with E-state index in [1.807, 2.05) is 6.92 Å². The fraction of sp³-hybridized carbons (Fsp3) is 0.515. The lowest BCUT2D eigenvalue weighted by Gasteiger charge is -2.60. The van der Waals surface area contributed by atoms with Crippen LogP contribution in [0.3, 0.4) is 0 Å². The van der Waals surface area contributed by atoms with E-state index in [0.717, 1.165) is 44.9 Å². The molecule has 1 amide bonds. The van der Waals surface area contributed by atoms with Crippen molar-refractivity contribution in [2.45, 2.75) is 70.7 Å².